The van der Waals surface area contributed by atoms with E-state index < -0.39 is 5.41 Å². The van der Waals surface area contributed by atoms with Gasteiger partial charge in [0.15, 0.2) is 0 Å². The fourth-order valence-corrected chi connectivity index (χ4v) is 1.79. The summed E-state index contributed by atoms with van der Waals surface area (Å²) in [6.07, 6.45) is 1.56. The quantitative estimate of drug-likeness (QED) is 0.769. The maximum absolute atomic E-state index is 11.9. The Bertz CT molecular complexity index is 308. The Morgan fingerprint density at radius 2 is 2.17 bits per heavy atom. The molecule has 18 heavy (non-hydrogen) atoms. The van der Waals surface area contributed by atoms with Gasteiger partial charge in [0, 0.05) is 32.1 Å². The number of amides is 2. The molecule has 1 aliphatic rings. The van der Waals surface area contributed by atoms with Crippen LogP contribution >= 0.6 is 12.4 Å². The molecule has 3 N–H and O–H groups in total. The minimum absolute atomic E-state index is 0. The summed E-state index contributed by atoms with van der Waals surface area (Å²) in [6.45, 7) is 7.25. The standard InChI is InChI=1S/C12H23N3O2.ClH/c1-9(7-15-6-4-5-10(15)16)14-11(17)12(2,3)8-13;/h9H,4-8,13H2,1-3H3,(H,14,17);1H. The van der Waals surface area contributed by atoms with Crippen LogP contribution in [-0.4, -0.2) is 42.4 Å². The molecule has 106 valence electrons. The van der Waals surface area contributed by atoms with Crippen molar-refractivity contribution < 1.29 is 9.59 Å². The summed E-state index contributed by atoms with van der Waals surface area (Å²) in [6, 6.07) is -0.0321. The number of hydrogen-bond donors (Lipinski definition) is 2. The number of nitrogens with one attached hydrogen (secondary N) is 1. The Balaban J connectivity index is 0.00000289. The van der Waals surface area contributed by atoms with E-state index in [0.29, 0.717) is 19.5 Å². The summed E-state index contributed by atoms with van der Waals surface area (Å²) < 4.78 is 0. The number of carbonyl (C=O) groups is 2. The average Bonchev–Trinajstić information content (AvgIpc) is 2.64. The van der Waals surface area contributed by atoms with Crippen LogP contribution in [-0.2, 0) is 9.59 Å². The normalized spacial score (nSPS) is 17.3. The van der Waals surface area contributed by atoms with Crippen LogP contribution in [0.2, 0.25) is 0 Å². The van der Waals surface area contributed by atoms with Gasteiger partial charge in [-0.1, -0.05) is 0 Å². The SMILES string of the molecule is CC(CN1CCCC1=O)NC(=O)C(C)(C)CN.Cl. The zero-order valence-electron chi connectivity index (χ0n) is 11.4. The molecule has 1 aliphatic heterocycles. The van der Waals surface area contributed by atoms with E-state index >= 15 is 0 Å². The van der Waals surface area contributed by atoms with E-state index in [1.54, 1.807) is 4.90 Å². The maximum Gasteiger partial charge on any atom is 0.227 e. The van der Waals surface area contributed by atoms with Crippen LogP contribution in [0.3, 0.4) is 0 Å². The fraction of sp³-hybridized carbons (Fsp3) is 0.833. The van der Waals surface area contributed by atoms with E-state index in [1.165, 1.54) is 0 Å². The lowest BCUT2D eigenvalue weighted by molar-refractivity contribution is -0.131. The van der Waals surface area contributed by atoms with Gasteiger partial charge in [-0.2, -0.15) is 0 Å². The first-order valence-corrected chi connectivity index (χ1v) is 6.15. The molecule has 1 heterocycles. The molecule has 1 unspecified atom stereocenters. The van der Waals surface area contributed by atoms with Gasteiger partial charge in [0.1, 0.15) is 0 Å². The van der Waals surface area contributed by atoms with Crippen molar-refractivity contribution in [2.24, 2.45) is 11.1 Å². The van der Waals surface area contributed by atoms with Crippen LogP contribution < -0.4 is 11.1 Å². The topological polar surface area (TPSA) is 75.4 Å². The minimum atomic E-state index is -0.552. The largest absolute Gasteiger partial charge is 0.351 e. The predicted octanol–water partition coefficient (Wildman–Crippen LogP) is 0.520. The molecular formula is C12H24ClN3O2. The van der Waals surface area contributed by atoms with Crippen LogP contribution in [0.1, 0.15) is 33.6 Å². The number of nitrogens with two attached hydrogens (primary N) is 1. The number of rotatable bonds is 5. The summed E-state index contributed by atoms with van der Waals surface area (Å²) >= 11 is 0. The molecule has 1 rings (SSSR count). The van der Waals surface area contributed by atoms with E-state index in [0.717, 1.165) is 13.0 Å². The summed E-state index contributed by atoms with van der Waals surface area (Å²) in [5.74, 6) is 0.128. The van der Waals surface area contributed by atoms with Crippen molar-refractivity contribution in [2.75, 3.05) is 19.6 Å². The lowest BCUT2D eigenvalue weighted by atomic mass is 9.92. The van der Waals surface area contributed by atoms with Crippen molar-refractivity contribution in [3.8, 4) is 0 Å². The van der Waals surface area contributed by atoms with Crippen LogP contribution in [0.25, 0.3) is 0 Å². The second kappa shape index (κ2) is 6.95. The highest BCUT2D eigenvalue weighted by molar-refractivity contribution is 5.85. The van der Waals surface area contributed by atoms with Gasteiger partial charge in [-0.25, -0.2) is 0 Å². The molecule has 0 bridgehead atoms. The Hall–Kier alpha value is -0.810. The third-order valence-electron chi connectivity index (χ3n) is 3.17. The maximum atomic E-state index is 11.9. The van der Waals surface area contributed by atoms with E-state index in [-0.39, 0.29) is 30.3 Å². The predicted molar refractivity (Wildman–Crippen MR) is 73.5 cm³/mol. The second-order valence-electron chi connectivity index (χ2n) is 5.41. The van der Waals surface area contributed by atoms with E-state index in [4.69, 9.17) is 5.73 Å². The molecule has 0 aromatic carbocycles. The Kier molecular flexibility index (Phi) is 6.63. The first-order valence-electron chi connectivity index (χ1n) is 6.15. The Morgan fingerprint density at radius 1 is 1.56 bits per heavy atom. The average molecular weight is 278 g/mol. The summed E-state index contributed by atoms with van der Waals surface area (Å²) in [5, 5.41) is 2.91. The molecule has 0 saturated carbocycles. The van der Waals surface area contributed by atoms with Crippen molar-refractivity contribution in [1.29, 1.82) is 0 Å². The molecule has 0 aromatic rings. The monoisotopic (exact) mass is 277 g/mol. The first-order chi connectivity index (χ1) is 7.86. The molecule has 0 spiro atoms. The number of carbonyl (C=O) groups excluding carboxylic acids is 2. The number of nitrogens with zero attached hydrogens (tertiary/aromatic N) is 1. The van der Waals surface area contributed by atoms with Gasteiger partial charge in [-0.05, 0) is 27.2 Å². The summed E-state index contributed by atoms with van der Waals surface area (Å²) in [5.41, 5.74) is 4.99. The van der Waals surface area contributed by atoms with E-state index in [2.05, 4.69) is 5.32 Å². The van der Waals surface area contributed by atoms with Gasteiger partial charge >= 0.3 is 0 Å². The zero-order chi connectivity index (χ0) is 13.1. The summed E-state index contributed by atoms with van der Waals surface area (Å²) in [7, 11) is 0. The number of halogens is 1. The molecular weight excluding hydrogens is 254 g/mol. The van der Waals surface area contributed by atoms with Gasteiger partial charge in [-0.15, -0.1) is 12.4 Å². The van der Waals surface area contributed by atoms with Crippen molar-refractivity contribution in [2.45, 2.75) is 39.7 Å². The van der Waals surface area contributed by atoms with Crippen LogP contribution in [0.4, 0.5) is 0 Å². The smallest absolute Gasteiger partial charge is 0.227 e. The van der Waals surface area contributed by atoms with Gasteiger partial charge < -0.3 is 16.0 Å². The van der Waals surface area contributed by atoms with Gasteiger partial charge in [0.25, 0.3) is 0 Å². The molecule has 1 atom stereocenters. The molecule has 1 saturated heterocycles. The fourth-order valence-electron chi connectivity index (χ4n) is 1.79. The highest BCUT2D eigenvalue weighted by Gasteiger charge is 2.28. The highest BCUT2D eigenvalue weighted by atomic mass is 35.5. The van der Waals surface area contributed by atoms with Crippen molar-refractivity contribution in [3.63, 3.8) is 0 Å². The van der Waals surface area contributed by atoms with Crippen molar-refractivity contribution in [3.05, 3.63) is 0 Å². The Morgan fingerprint density at radius 3 is 2.61 bits per heavy atom. The van der Waals surface area contributed by atoms with E-state index in [1.807, 2.05) is 20.8 Å². The van der Waals surface area contributed by atoms with Crippen LogP contribution in [0.5, 0.6) is 0 Å². The van der Waals surface area contributed by atoms with Crippen LogP contribution in [0.15, 0.2) is 0 Å². The number of hydrogen-bond acceptors (Lipinski definition) is 3. The van der Waals surface area contributed by atoms with E-state index in [9.17, 15) is 9.59 Å². The van der Waals surface area contributed by atoms with Crippen molar-refractivity contribution >= 4 is 24.2 Å². The van der Waals surface area contributed by atoms with Crippen LogP contribution in [0, 0.1) is 5.41 Å². The third kappa shape index (κ3) is 4.46. The lowest BCUT2D eigenvalue weighted by Crippen LogP contribution is -2.49. The molecule has 0 radical (unpaired) electrons. The third-order valence-corrected chi connectivity index (χ3v) is 3.17. The molecule has 5 nitrogen and oxygen atoms in total. The number of likely N-dealkylation sites (tertiary alicyclic amines) is 1. The van der Waals surface area contributed by atoms with Gasteiger partial charge in [0.05, 0.1) is 5.41 Å². The minimum Gasteiger partial charge on any atom is -0.351 e. The molecule has 0 aromatic heterocycles. The molecule has 6 heteroatoms. The second-order valence-corrected chi connectivity index (χ2v) is 5.41. The van der Waals surface area contributed by atoms with Crippen molar-refractivity contribution in [1.82, 2.24) is 10.2 Å². The molecule has 2 amide bonds. The zero-order valence-corrected chi connectivity index (χ0v) is 12.2. The summed E-state index contributed by atoms with van der Waals surface area (Å²) in [4.78, 5) is 25.1. The molecule has 0 aliphatic carbocycles. The Labute approximate surface area is 115 Å². The lowest BCUT2D eigenvalue weighted by Gasteiger charge is -2.26. The van der Waals surface area contributed by atoms with Gasteiger partial charge in [0.2, 0.25) is 11.8 Å². The van der Waals surface area contributed by atoms with Gasteiger partial charge in [-0.3, -0.25) is 9.59 Å². The first kappa shape index (κ1) is 17.2. The molecule has 1 fully saturated rings. The highest BCUT2D eigenvalue weighted by Crippen LogP contribution is 2.14.